The van der Waals surface area contributed by atoms with Gasteiger partial charge in [-0.05, 0) is 12.3 Å². The lowest BCUT2D eigenvalue weighted by Crippen LogP contribution is -2.08. The predicted octanol–water partition coefficient (Wildman–Crippen LogP) is 3.34. The van der Waals surface area contributed by atoms with Crippen LogP contribution in [-0.2, 0) is 6.42 Å². The van der Waals surface area contributed by atoms with E-state index in [-0.39, 0.29) is 5.38 Å². The SMILES string of the molecule is CC(C)C(Cl)CCc1nccs1. The molecule has 0 spiro atoms. The average Bonchev–Trinajstić information content (AvgIpc) is 2.51. The quantitative estimate of drug-likeness (QED) is 0.685. The fourth-order valence-electron chi connectivity index (χ4n) is 0.971. The lowest BCUT2D eigenvalue weighted by atomic mass is 10.1. The minimum Gasteiger partial charge on any atom is -0.250 e. The number of hydrogen-bond donors (Lipinski definition) is 0. The molecule has 1 aromatic rings. The lowest BCUT2D eigenvalue weighted by molar-refractivity contribution is 0.565. The molecule has 1 atom stereocenters. The summed E-state index contributed by atoms with van der Waals surface area (Å²) in [6.07, 6.45) is 3.90. The zero-order valence-corrected chi connectivity index (χ0v) is 9.03. The van der Waals surface area contributed by atoms with Crippen LogP contribution in [0.2, 0.25) is 0 Å². The number of rotatable bonds is 4. The minimum absolute atomic E-state index is 0.286. The van der Waals surface area contributed by atoms with E-state index in [1.807, 2.05) is 11.6 Å². The number of thiazole rings is 1. The first-order chi connectivity index (χ1) is 5.70. The first-order valence-corrected chi connectivity index (χ1v) is 5.54. The van der Waals surface area contributed by atoms with E-state index in [1.165, 1.54) is 5.01 Å². The summed E-state index contributed by atoms with van der Waals surface area (Å²) in [6.45, 7) is 4.30. The predicted molar refractivity (Wildman–Crippen MR) is 54.9 cm³/mol. The maximum atomic E-state index is 6.11. The number of aryl methyl sites for hydroxylation is 1. The summed E-state index contributed by atoms with van der Waals surface area (Å²) < 4.78 is 0. The number of halogens is 1. The fourth-order valence-corrected chi connectivity index (χ4v) is 1.72. The van der Waals surface area contributed by atoms with Crippen molar-refractivity contribution in [2.45, 2.75) is 32.1 Å². The Morgan fingerprint density at radius 3 is 2.83 bits per heavy atom. The van der Waals surface area contributed by atoms with Gasteiger partial charge < -0.3 is 0 Å². The van der Waals surface area contributed by atoms with Gasteiger partial charge in [-0.15, -0.1) is 22.9 Å². The molecule has 68 valence electrons. The molecule has 0 saturated heterocycles. The van der Waals surface area contributed by atoms with Crippen molar-refractivity contribution in [3.05, 3.63) is 16.6 Å². The van der Waals surface area contributed by atoms with Gasteiger partial charge >= 0.3 is 0 Å². The third kappa shape index (κ3) is 3.11. The van der Waals surface area contributed by atoms with Gasteiger partial charge in [-0.25, -0.2) is 4.98 Å². The highest BCUT2D eigenvalue weighted by Gasteiger charge is 2.09. The minimum atomic E-state index is 0.286. The average molecular weight is 204 g/mol. The first-order valence-electron chi connectivity index (χ1n) is 4.22. The van der Waals surface area contributed by atoms with Gasteiger partial charge in [-0.1, -0.05) is 13.8 Å². The maximum absolute atomic E-state index is 6.11. The monoisotopic (exact) mass is 203 g/mol. The van der Waals surface area contributed by atoms with E-state index in [9.17, 15) is 0 Å². The van der Waals surface area contributed by atoms with E-state index in [0.29, 0.717) is 5.92 Å². The Morgan fingerprint density at radius 2 is 2.33 bits per heavy atom. The van der Waals surface area contributed by atoms with Crippen LogP contribution in [0, 0.1) is 5.92 Å². The number of alkyl halides is 1. The Kier molecular flexibility index (Phi) is 4.02. The van der Waals surface area contributed by atoms with Crippen LogP contribution >= 0.6 is 22.9 Å². The molecule has 0 aliphatic carbocycles. The molecule has 0 bridgehead atoms. The van der Waals surface area contributed by atoms with E-state index in [0.717, 1.165) is 12.8 Å². The fraction of sp³-hybridized carbons (Fsp3) is 0.667. The summed E-state index contributed by atoms with van der Waals surface area (Å²) in [4.78, 5) is 4.21. The summed E-state index contributed by atoms with van der Waals surface area (Å²) in [6, 6.07) is 0. The molecule has 0 N–H and O–H groups in total. The highest BCUT2D eigenvalue weighted by atomic mass is 35.5. The molecule has 12 heavy (non-hydrogen) atoms. The van der Waals surface area contributed by atoms with E-state index in [4.69, 9.17) is 11.6 Å². The molecule has 1 heterocycles. The Hall–Kier alpha value is -0.0800. The van der Waals surface area contributed by atoms with Crippen LogP contribution in [-0.4, -0.2) is 10.4 Å². The van der Waals surface area contributed by atoms with Crippen molar-refractivity contribution in [2.24, 2.45) is 5.92 Å². The van der Waals surface area contributed by atoms with Crippen molar-refractivity contribution in [2.75, 3.05) is 0 Å². The summed E-state index contributed by atoms with van der Waals surface area (Å²) in [5.41, 5.74) is 0. The van der Waals surface area contributed by atoms with Gasteiger partial charge in [-0.2, -0.15) is 0 Å². The highest BCUT2D eigenvalue weighted by molar-refractivity contribution is 7.09. The molecule has 0 amide bonds. The van der Waals surface area contributed by atoms with Crippen LogP contribution in [0.15, 0.2) is 11.6 Å². The number of aromatic nitrogens is 1. The molecule has 0 saturated carbocycles. The summed E-state index contributed by atoms with van der Waals surface area (Å²) in [7, 11) is 0. The van der Waals surface area contributed by atoms with E-state index >= 15 is 0 Å². The molecule has 0 aromatic carbocycles. The zero-order valence-electron chi connectivity index (χ0n) is 7.46. The highest BCUT2D eigenvalue weighted by Crippen LogP contribution is 2.17. The van der Waals surface area contributed by atoms with Crippen molar-refractivity contribution >= 4 is 22.9 Å². The Labute approximate surface area is 82.8 Å². The van der Waals surface area contributed by atoms with Crippen molar-refractivity contribution in [1.29, 1.82) is 0 Å². The number of hydrogen-bond acceptors (Lipinski definition) is 2. The molecule has 0 aliphatic rings. The molecule has 1 aromatic heterocycles. The third-order valence-corrected chi connectivity index (χ3v) is 3.40. The molecular weight excluding hydrogens is 190 g/mol. The van der Waals surface area contributed by atoms with Gasteiger partial charge in [-0.3, -0.25) is 0 Å². The van der Waals surface area contributed by atoms with Crippen molar-refractivity contribution < 1.29 is 0 Å². The third-order valence-electron chi connectivity index (χ3n) is 1.84. The Morgan fingerprint density at radius 1 is 1.58 bits per heavy atom. The van der Waals surface area contributed by atoms with Gasteiger partial charge in [0.15, 0.2) is 0 Å². The topological polar surface area (TPSA) is 12.9 Å². The van der Waals surface area contributed by atoms with E-state index in [1.54, 1.807) is 11.3 Å². The standard InChI is InChI=1S/C9H14ClNS/c1-7(2)8(10)3-4-9-11-5-6-12-9/h5-8H,3-4H2,1-2H3. The smallest absolute Gasteiger partial charge is 0.0925 e. The van der Waals surface area contributed by atoms with Gasteiger partial charge in [0, 0.05) is 23.4 Å². The van der Waals surface area contributed by atoms with Crippen LogP contribution in [0.3, 0.4) is 0 Å². The molecule has 0 radical (unpaired) electrons. The second-order valence-corrected chi connectivity index (χ2v) is 4.76. The Balaban J connectivity index is 2.27. The molecule has 0 aliphatic heterocycles. The van der Waals surface area contributed by atoms with Gasteiger partial charge in [0.25, 0.3) is 0 Å². The van der Waals surface area contributed by atoms with Crippen LogP contribution in [0.25, 0.3) is 0 Å². The van der Waals surface area contributed by atoms with Crippen LogP contribution in [0.4, 0.5) is 0 Å². The van der Waals surface area contributed by atoms with Crippen LogP contribution in [0.5, 0.6) is 0 Å². The van der Waals surface area contributed by atoms with Crippen LogP contribution in [0.1, 0.15) is 25.3 Å². The normalized spacial score (nSPS) is 13.7. The van der Waals surface area contributed by atoms with Gasteiger partial charge in [0.05, 0.1) is 5.01 Å². The first kappa shape index (κ1) is 10.0. The lowest BCUT2D eigenvalue weighted by Gasteiger charge is -2.11. The molecule has 1 rings (SSSR count). The second kappa shape index (κ2) is 4.83. The molecular formula is C9H14ClNS. The van der Waals surface area contributed by atoms with Crippen molar-refractivity contribution in [3.8, 4) is 0 Å². The van der Waals surface area contributed by atoms with Gasteiger partial charge in [0.1, 0.15) is 0 Å². The summed E-state index contributed by atoms with van der Waals surface area (Å²) >= 11 is 7.82. The molecule has 3 heteroatoms. The van der Waals surface area contributed by atoms with Gasteiger partial charge in [0.2, 0.25) is 0 Å². The summed E-state index contributed by atoms with van der Waals surface area (Å²) in [5.74, 6) is 0.562. The largest absolute Gasteiger partial charge is 0.250 e. The molecule has 1 nitrogen and oxygen atoms in total. The maximum Gasteiger partial charge on any atom is 0.0925 e. The summed E-state index contributed by atoms with van der Waals surface area (Å²) in [5, 5.41) is 3.49. The Bertz CT molecular complexity index is 208. The van der Waals surface area contributed by atoms with Crippen molar-refractivity contribution in [1.82, 2.24) is 4.98 Å². The van der Waals surface area contributed by atoms with E-state index in [2.05, 4.69) is 18.8 Å². The molecule has 1 unspecified atom stereocenters. The van der Waals surface area contributed by atoms with Crippen molar-refractivity contribution in [3.63, 3.8) is 0 Å². The van der Waals surface area contributed by atoms with Crippen LogP contribution < -0.4 is 0 Å². The van der Waals surface area contributed by atoms with E-state index < -0.39 is 0 Å². The molecule has 0 fully saturated rings. The second-order valence-electron chi connectivity index (χ2n) is 3.22. The number of nitrogens with zero attached hydrogens (tertiary/aromatic N) is 1. The zero-order chi connectivity index (χ0) is 8.97.